The number of carboxylic acid groups (broad SMARTS) is 2. The van der Waals surface area contributed by atoms with Crippen LogP contribution in [0.2, 0.25) is 0 Å². The van der Waals surface area contributed by atoms with Gasteiger partial charge < -0.3 is 10.2 Å². The highest BCUT2D eigenvalue weighted by atomic mass is 16.4. The average molecular weight is 283 g/mol. The summed E-state index contributed by atoms with van der Waals surface area (Å²) < 4.78 is 0. The molecule has 6 nitrogen and oxygen atoms in total. The summed E-state index contributed by atoms with van der Waals surface area (Å²) in [6.07, 6.45) is 2.76. The maximum atomic E-state index is 12.1. The van der Waals surface area contributed by atoms with Gasteiger partial charge in [0.2, 0.25) is 0 Å². The van der Waals surface area contributed by atoms with Crippen molar-refractivity contribution in [1.82, 2.24) is 4.98 Å². The number of hydrogen-bond donors (Lipinski definition) is 2. The van der Waals surface area contributed by atoms with E-state index in [1.165, 1.54) is 24.3 Å². The molecule has 6 heteroatoms. The summed E-state index contributed by atoms with van der Waals surface area (Å²) in [5.74, 6) is -3.98. The third-order valence-electron chi connectivity index (χ3n) is 3.35. The number of fused-ring (bicyclic) bond motifs is 2. The molecule has 2 aromatic rings. The third kappa shape index (κ3) is 2.06. The molecule has 0 fully saturated rings. The van der Waals surface area contributed by atoms with Crippen molar-refractivity contribution in [2.45, 2.75) is 0 Å². The van der Waals surface area contributed by atoms with E-state index in [4.69, 9.17) is 10.2 Å². The maximum absolute atomic E-state index is 12.1. The minimum Gasteiger partial charge on any atom is -0.480 e. The van der Waals surface area contributed by atoms with E-state index in [0.717, 1.165) is 0 Å². The number of aliphatic carboxylic acids is 1. The lowest BCUT2D eigenvalue weighted by Crippen LogP contribution is -2.25. The minimum atomic E-state index is -1.21. The zero-order valence-corrected chi connectivity index (χ0v) is 10.6. The first-order chi connectivity index (χ1) is 9.97. The second-order valence-electron chi connectivity index (χ2n) is 4.67. The van der Waals surface area contributed by atoms with Crippen molar-refractivity contribution >= 4 is 34.7 Å². The molecule has 1 unspecified atom stereocenters. The molecule has 0 saturated heterocycles. The fraction of sp³-hybridized carbons (Fsp3) is 0.0667. The molecular weight excluding hydrogens is 274 g/mol. The monoisotopic (exact) mass is 283 g/mol. The molecule has 3 rings (SSSR count). The summed E-state index contributed by atoms with van der Waals surface area (Å²) in [5, 5.41) is 18.5. The highest BCUT2D eigenvalue weighted by Gasteiger charge is 2.30. The van der Waals surface area contributed by atoms with Crippen LogP contribution in [-0.2, 0) is 4.79 Å². The van der Waals surface area contributed by atoms with Crippen LogP contribution in [0.3, 0.4) is 0 Å². The van der Waals surface area contributed by atoms with E-state index >= 15 is 0 Å². The van der Waals surface area contributed by atoms with E-state index in [9.17, 15) is 14.4 Å². The Bertz CT molecular complexity index is 837. The number of carboxylic acids is 2. The van der Waals surface area contributed by atoms with Crippen LogP contribution in [0.15, 0.2) is 30.3 Å². The smallest absolute Gasteiger partial charge is 0.335 e. The number of carbonyl (C=O) groups excluding carboxylic acids is 1. The Labute approximate surface area is 118 Å². The number of hydrogen-bond acceptors (Lipinski definition) is 4. The van der Waals surface area contributed by atoms with Gasteiger partial charge in [0, 0.05) is 10.9 Å². The molecule has 2 N–H and O–H groups in total. The molecule has 1 aliphatic carbocycles. The molecule has 104 valence electrons. The van der Waals surface area contributed by atoms with Crippen LogP contribution in [0.1, 0.15) is 26.4 Å². The minimum absolute atomic E-state index is 0.101. The van der Waals surface area contributed by atoms with Crippen LogP contribution in [-0.4, -0.2) is 32.9 Å². The van der Waals surface area contributed by atoms with Gasteiger partial charge in [-0.2, -0.15) is 0 Å². The maximum Gasteiger partial charge on any atom is 0.335 e. The Morgan fingerprint density at radius 1 is 1.14 bits per heavy atom. The Morgan fingerprint density at radius 2 is 1.90 bits per heavy atom. The summed E-state index contributed by atoms with van der Waals surface area (Å²) in [5.41, 5.74) is 1.14. The van der Waals surface area contributed by atoms with Crippen LogP contribution in [0, 0.1) is 5.92 Å². The van der Waals surface area contributed by atoms with Crippen molar-refractivity contribution in [1.29, 1.82) is 0 Å². The molecule has 21 heavy (non-hydrogen) atoms. The first-order valence-electron chi connectivity index (χ1n) is 6.10. The lowest BCUT2D eigenvalue weighted by Gasteiger charge is -2.15. The highest BCUT2D eigenvalue weighted by molar-refractivity contribution is 6.14. The predicted octanol–water partition coefficient (Wildman–Crippen LogP) is 1.84. The van der Waals surface area contributed by atoms with Gasteiger partial charge in [-0.3, -0.25) is 9.59 Å². The fourth-order valence-electron chi connectivity index (χ4n) is 2.28. The topological polar surface area (TPSA) is 105 Å². The van der Waals surface area contributed by atoms with Crippen molar-refractivity contribution < 1.29 is 24.6 Å². The van der Waals surface area contributed by atoms with Crippen LogP contribution in [0.4, 0.5) is 0 Å². The molecule has 0 spiro atoms. The molecule has 0 amide bonds. The lowest BCUT2D eigenvalue weighted by atomic mass is 9.90. The van der Waals surface area contributed by atoms with E-state index in [1.807, 2.05) is 0 Å². The second-order valence-corrected chi connectivity index (χ2v) is 4.67. The first kappa shape index (κ1) is 13.0. The second kappa shape index (κ2) is 4.52. The molecule has 0 saturated carbocycles. The van der Waals surface area contributed by atoms with E-state index in [1.54, 1.807) is 12.1 Å². The van der Waals surface area contributed by atoms with Gasteiger partial charge in [0.15, 0.2) is 5.78 Å². The van der Waals surface area contributed by atoms with Crippen molar-refractivity contribution in [3.05, 3.63) is 47.2 Å². The zero-order valence-electron chi connectivity index (χ0n) is 10.6. The van der Waals surface area contributed by atoms with Gasteiger partial charge in [-0.1, -0.05) is 12.1 Å². The number of aromatic carboxylic acids is 1. The number of Topliss-reactive ketones (excluding diaryl/α,β-unsaturated/α-hetero) is 1. The molecule has 1 heterocycles. The highest BCUT2D eigenvalue weighted by Crippen LogP contribution is 2.26. The standard InChI is InChI=1S/C15H9NO5/c17-13-9(15(20)21)3-4-11-10(13)5-7-1-2-8(14(18)19)6-12(7)16-11/h1-6,9H,(H,18,19)(H,20,21). The Morgan fingerprint density at radius 3 is 2.57 bits per heavy atom. The number of ketones is 1. The van der Waals surface area contributed by atoms with Crippen LogP contribution in [0.5, 0.6) is 0 Å². The molecule has 1 aliphatic rings. The van der Waals surface area contributed by atoms with E-state index in [-0.39, 0.29) is 11.1 Å². The Hall–Kier alpha value is -3.02. The number of nitrogens with zero attached hydrogens (tertiary/aromatic N) is 1. The van der Waals surface area contributed by atoms with E-state index < -0.39 is 23.6 Å². The molecular formula is C15H9NO5. The summed E-state index contributed by atoms with van der Waals surface area (Å²) in [4.78, 5) is 38.3. The normalized spacial score (nSPS) is 16.8. The summed E-state index contributed by atoms with van der Waals surface area (Å²) in [6, 6.07) is 5.93. The molecule has 1 aromatic heterocycles. The van der Waals surface area contributed by atoms with Gasteiger partial charge in [-0.15, -0.1) is 0 Å². The Kier molecular flexibility index (Phi) is 2.79. The molecule has 0 aliphatic heterocycles. The van der Waals surface area contributed by atoms with Gasteiger partial charge in [0.25, 0.3) is 0 Å². The van der Waals surface area contributed by atoms with Gasteiger partial charge in [0.1, 0.15) is 5.92 Å². The van der Waals surface area contributed by atoms with Gasteiger partial charge in [0.05, 0.1) is 16.8 Å². The van der Waals surface area contributed by atoms with Crippen molar-refractivity contribution in [2.24, 2.45) is 5.92 Å². The molecule has 0 radical (unpaired) electrons. The van der Waals surface area contributed by atoms with Crippen molar-refractivity contribution in [2.75, 3.05) is 0 Å². The van der Waals surface area contributed by atoms with Gasteiger partial charge in [-0.05, 0) is 24.3 Å². The molecule has 0 bridgehead atoms. The number of benzene rings is 1. The SMILES string of the molecule is O=C(O)c1ccc2cc3c(nc2c1)C=CC(C(=O)O)C3=O. The lowest BCUT2D eigenvalue weighted by molar-refractivity contribution is -0.138. The molecule has 1 atom stereocenters. The predicted molar refractivity (Wildman–Crippen MR) is 73.2 cm³/mol. The summed E-state index contributed by atoms with van der Waals surface area (Å²) in [6.45, 7) is 0. The zero-order chi connectivity index (χ0) is 15.1. The van der Waals surface area contributed by atoms with Gasteiger partial charge >= 0.3 is 11.9 Å². The Balaban J connectivity index is 2.19. The first-order valence-corrected chi connectivity index (χ1v) is 6.10. The number of pyridine rings is 1. The van der Waals surface area contributed by atoms with Gasteiger partial charge in [-0.25, -0.2) is 9.78 Å². The van der Waals surface area contributed by atoms with Crippen molar-refractivity contribution in [3.8, 4) is 0 Å². The quantitative estimate of drug-likeness (QED) is 0.815. The molecule has 1 aromatic carbocycles. The third-order valence-corrected chi connectivity index (χ3v) is 3.35. The average Bonchev–Trinajstić information content (AvgIpc) is 2.45. The van der Waals surface area contributed by atoms with E-state index in [2.05, 4.69) is 4.98 Å². The van der Waals surface area contributed by atoms with Crippen molar-refractivity contribution in [3.63, 3.8) is 0 Å². The summed E-state index contributed by atoms with van der Waals surface area (Å²) in [7, 11) is 0. The van der Waals surface area contributed by atoms with Crippen LogP contribution >= 0.6 is 0 Å². The number of rotatable bonds is 2. The number of aromatic nitrogens is 1. The van der Waals surface area contributed by atoms with Crippen LogP contribution < -0.4 is 0 Å². The summed E-state index contributed by atoms with van der Waals surface area (Å²) >= 11 is 0. The number of carbonyl (C=O) groups is 3. The fourth-order valence-corrected chi connectivity index (χ4v) is 2.28. The van der Waals surface area contributed by atoms with Crippen LogP contribution in [0.25, 0.3) is 17.0 Å². The largest absolute Gasteiger partial charge is 0.480 e. The van der Waals surface area contributed by atoms with E-state index in [0.29, 0.717) is 16.6 Å².